The molecule has 1 N–H and O–H groups in total. The van der Waals surface area contributed by atoms with Gasteiger partial charge < -0.3 is 10.2 Å². The van der Waals surface area contributed by atoms with Crippen LogP contribution in [0.25, 0.3) is 0 Å². The topological polar surface area (TPSA) is 33.1 Å². The zero-order chi connectivity index (χ0) is 14.7. The Morgan fingerprint density at radius 1 is 1.30 bits per heavy atom. The van der Waals surface area contributed by atoms with E-state index in [1.807, 2.05) is 17.9 Å². The van der Waals surface area contributed by atoms with Gasteiger partial charge in [-0.25, -0.2) is 0 Å². The van der Waals surface area contributed by atoms with Crippen molar-refractivity contribution in [3.05, 3.63) is 18.0 Å². The largest absolute Gasteiger partial charge is 0.312 e. The first kappa shape index (κ1) is 15.5. The monoisotopic (exact) mass is 278 g/mol. The van der Waals surface area contributed by atoms with Gasteiger partial charge in [-0.3, -0.25) is 4.68 Å². The van der Waals surface area contributed by atoms with Crippen molar-refractivity contribution in [2.75, 3.05) is 20.6 Å². The van der Waals surface area contributed by atoms with Crippen LogP contribution in [0, 0.1) is 11.8 Å². The fourth-order valence-corrected chi connectivity index (χ4v) is 3.60. The van der Waals surface area contributed by atoms with Crippen LogP contribution in [-0.4, -0.2) is 41.4 Å². The maximum Gasteiger partial charge on any atom is 0.0538 e. The number of likely N-dealkylation sites (N-methyl/N-ethyl adjacent to an activating group) is 1. The molecule has 0 radical (unpaired) electrons. The molecule has 3 atom stereocenters. The predicted octanol–water partition coefficient (Wildman–Crippen LogP) is 2.44. The molecule has 1 aromatic heterocycles. The second-order valence-electron chi connectivity index (χ2n) is 6.95. The number of nitrogens with zero attached hydrogens (tertiary/aromatic N) is 3. The van der Waals surface area contributed by atoms with Crippen LogP contribution in [-0.2, 0) is 7.05 Å². The summed E-state index contributed by atoms with van der Waals surface area (Å²) in [6, 6.07) is 1.07. The highest BCUT2D eigenvalue weighted by atomic mass is 15.2. The molecule has 20 heavy (non-hydrogen) atoms. The van der Waals surface area contributed by atoms with Crippen LogP contribution in [0.5, 0.6) is 0 Å². The molecule has 0 unspecified atom stereocenters. The molecule has 0 aromatic carbocycles. The van der Waals surface area contributed by atoms with E-state index in [-0.39, 0.29) is 0 Å². The Balaban J connectivity index is 1.92. The molecule has 1 aliphatic rings. The first-order valence-electron chi connectivity index (χ1n) is 7.84. The lowest BCUT2D eigenvalue weighted by atomic mass is 9.80. The minimum Gasteiger partial charge on any atom is -0.312 e. The molecule has 1 fully saturated rings. The fourth-order valence-electron chi connectivity index (χ4n) is 3.60. The van der Waals surface area contributed by atoms with Gasteiger partial charge in [0.15, 0.2) is 0 Å². The molecule has 0 spiro atoms. The smallest absolute Gasteiger partial charge is 0.0538 e. The van der Waals surface area contributed by atoms with Gasteiger partial charge in [0.2, 0.25) is 0 Å². The molecule has 1 heterocycles. The average molecular weight is 278 g/mol. The SMILES string of the molecule is C[C@H]1CC(NC[C@H](c2cnn(C)c2)N(C)C)C[C@H](C)C1. The molecule has 4 heteroatoms. The molecule has 2 rings (SSSR count). The maximum absolute atomic E-state index is 4.30. The van der Waals surface area contributed by atoms with E-state index in [2.05, 4.69) is 49.5 Å². The Morgan fingerprint density at radius 2 is 1.95 bits per heavy atom. The van der Waals surface area contributed by atoms with Gasteiger partial charge in [-0.2, -0.15) is 5.10 Å². The highest BCUT2D eigenvalue weighted by Gasteiger charge is 2.25. The second kappa shape index (κ2) is 6.72. The summed E-state index contributed by atoms with van der Waals surface area (Å²) in [6.45, 7) is 5.77. The summed E-state index contributed by atoms with van der Waals surface area (Å²) >= 11 is 0. The van der Waals surface area contributed by atoms with Crippen LogP contribution < -0.4 is 5.32 Å². The Bertz CT molecular complexity index is 402. The second-order valence-corrected chi connectivity index (χ2v) is 6.95. The summed E-state index contributed by atoms with van der Waals surface area (Å²) in [5.41, 5.74) is 1.29. The zero-order valence-corrected chi connectivity index (χ0v) is 13.6. The Kier molecular flexibility index (Phi) is 5.22. The highest BCUT2D eigenvalue weighted by Crippen LogP contribution is 2.29. The number of hydrogen-bond acceptors (Lipinski definition) is 3. The van der Waals surface area contributed by atoms with E-state index in [4.69, 9.17) is 0 Å². The van der Waals surface area contributed by atoms with Crippen LogP contribution >= 0.6 is 0 Å². The van der Waals surface area contributed by atoms with Crippen molar-refractivity contribution in [1.29, 1.82) is 0 Å². The first-order valence-corrected chi connectivity index (χ1v) is 7.84. The number of aryl methyl sites for hydroxylation is 1. The van der Waals surface area contributed by atoms with Crippen LogP contribution in [0.15, 0.2) is 12.4 Å². The van der Waals surface area contributed by atoms with Crippen molar-refractivity contribution >= 4 is 0 Å². The quantitative estimate of drug-likeness (QED) is 0.898. The van der Waals surface area contributed by atoms with Crippen molar-refractivity contribution in [3.63, 3.8) is 0 Å². The third-order valence-electron chi connectivity index (χ3n) is 4.51. The molecule has 4 nitrogen and oxygen atoms in total. The lowest BCUT2D eigenvalue weighted by Gasteiger charge is -2.34. The van der Waals surface area contributed by atoms with Gasteiger partial charge in [-0.1, -0.05) is 13.8 Å². The molecule has 1 saturated carbocycles. The van der Waals surface area contributed by atoms with Gasteiger partial charge in [-0.15, -0.1) is 0 Å². The van der Waals surface area contributed by atoms with Gasteiger partial charge in [0.25, 0.3) is 0 Å². The van der Waals surface area contributed by atoms with Gasteiger partial charge in [0.05, 0.1) is 6.20 Å². The molecule has 1 aromatic rings. The van der Waals surface area contributed by atoms with E-state index in [1.54, 1.807) is 0 Å². The van der Waals surface area contributed by atoms with Gasteiger partial charge >= 0.3 is 0 Å². The molecule has 114 valence electrons. The van der Waals surface area contributed by atoms with E-state index < -0.39 is 0 Å². The normalized spacial score (nSPS) is 28.8. The third kappa shape index (κ3) is 4.06. The van der Waals surface area contributed by atoms with Gasteiger partial charge in [0.1, 0.15) is 0 Å². The van der Waals surface area contributed by atoms with Gasteiger partial charge in [0, 0.05) is 37.4 Å². The van der Waals surface area contributed by atoms with E-state index in [0.29, 0.717) is 12.1 Å². The minimum absolute atomic E-state index is 0.399. The predicted molar refractivity (Wildman–Crippen MR) is 83.6 cm³/mol. The number of hydrogen-bond donors (Lipinski definition) is 1. The van der Waals surface area contributed by atoms with Crippen LogP contribution in [0.3, 0.4) is 0 Å². The molecule has 0 saturated heterocycles. The Hall–Kier alpha value is -0.870. The summed E-state index contributed by atoms with van der Waals surface area (Å²) < 4.78 is 1.89. The highest BCUT2D eigenvalue weighted by molar-refractivity contribution is 5.11. The van der Waals surface area contributed by atoms with E-state index in [1.165, 1.54) is 24.8 Å². The number of nitrogens with one attached hydrogen (secondary N) is 1. The van der Waals surface area contributed by atoms with Crippen molar-refractivity contribution in [1.82, 2.24) is 20.0 Å². The zero-order valence-electron chi connectivity index (χ0n) is 13.6. The third-order valence-corrected chi connectivity index (χ3v) is 4.51. The average Bonchev–Trinajstić information content (AvgIpc) is 2.74. The first-order chi connectivity index (χ1) is 9.45. The molecular formula is C16H30N4. The lowest BCUT2D eigenvalue weighted by Crippen LogP contribution is -2.40. The molecule has 0 aliphatic heterocycles. The molecule has 1 aliphatic carbocycles. The molecular weight excluding hydrogens is 248 g/mol. The van der Waals surface area contributed by atoms with Crippen molar-refractivity contribution in [2.45, 2.75) is 45.2 Å². The molecule has 0 amide bonds. The summed E-state index contributed by atoms with van der Waals surface area (Å²) in [5, 5.41) is 8.09. The summed E-state index contributed by atoms with van der Waals surface area (Å²) in [7, 11) is 6.27. The standard InChI is InChI=1S/C16H30N4/c1-12-6-13(2)8-15(7-12)17-10-16(19(3)4)14-9-18-20(5)11-14/h9,11-13,15-17H,6-8,10H2,1-5H3/t12-,13-,16-/m1/s1. The lowest BCUT2D eigenvalue weighted by molar-refractivity contribution is 0.216. The summed E-state index contributed by atoms with van der Waals surface area (Å²) in [6.07, 6.45) is 8.13. The van der Waals surface area contributed by atoms with Crippen molar-refractivity contribution in [2.24, 2.45) is 18.9 Å². The number of rotatable bonds is 5. The Morgan fingerprint density at radius 3 is 2.45 bits per heavy atom. The van der Waals surface area contributed by atoms with Crippen molar-refractivity contribution < 1.29 is 0 Å². The Labute approximate surface area is 123 Å². The van der Waals surface area contributed by atoms with Crippen LogP contribution in [0.2, 0.25) is 0 Å². The summed E-state index contributed by atoms with van der Waals surface area (Å²) in [4.78, 5) is 2.28. The molecule has 0 bridgehead atoms. The maximum atomic E-state index is 4.30. The van der Waals surface area contributed by atoms with Crippen LogP contribution in [0.4, 0.5) is 0 Å². The van der Waals surface area contributed by atoms with E-state index in [0.717, 1.165) is 18.4 Å². The van der Waals surface area contributed by atoms with E-state index in [9.17, 15) is 0 Å². The number of aromatic nitrogens is 2. The van der Waals surface area contributed by atoms with Crippen LogP contribution in [0.1, 0.15) is 44.7 Å². The fraction of sp³-hybridized carbons (Fsp3) is 0.812. The van der Waals surface area contributed by atoms with E-state index >= 15 is 0 Å². The minimum atomic E-state index is 0.399. The van der Waals surface area contributed by atoms with Gasteiger partial charge in [-0.05, 0) is 45.2 Å². The van der Waals surface area contributed by atoms with Crippen molar-refractivity contribution in [3.8, 4) is 0 Å². The summed E-state index contributed by atoms with van der Waals surface area (Å²) in [5.74, 6) is 1.71.